The lowest BCUT2D eigenvalue weighted by atomic mass is 10.1. The van der Waals surface area contributed by atoms with Crippen molar-refractivity contribution in [3.63, 3.8) is 0 Å². The summed E-state index contributed by atoms with van der Waals surface area (Å²) in [5, 5.41) is 10.4. The zero-order chi connectivity index (χ0) is 11.5. The molecule has 16 heavy (non-hydrogen) atoms. The van der Waals surface area contributed by atoms with Gasteiger partial charge in [-0.25, -0.2) is 4.79 Å². The van der Waals surface area contributed by atoms with Crippen molar-refractivity contribution in [2.45, 2.75) is 6.42 Å². The number of carbonyl (C=O) groups excluding carboxylic acids is 1. The van der Waals surface area contributed by atoms with Crippen LogP contribution in [0.4, 0.5) is 0 Å². The zero-order valence-electron chi connectivity index (χ0n) is 8.38. The number of carboxylic acid groups (broad SMARTS) is 1. The molecule has 0 bridgehead atoms. The summed E-state index contributed by atoms with van der Waals surface area (Å²) in [5.74, 6) is -2.27. The molecule has 1 aromatic heterocycles. The van der Waals surface area contributed by atoms with Gasteiger partial charge in [0.2, 0.25) is 5.78 Å². The molecule has 1 aromatic carbocycles. The van der Waals surface area contributed by atoms with E-state index in [1.54, 1.807) is 12.3 Å². The van der Waals surface area contributed by atoms with E-state index in [9.17, 15) is 9.59 Å². The third kappa shape index (κ3) is 2.06. The summed E-state index contributed by atoms with van der Waals surface area (Å²) in [6.07, 6.45) is 1.47. The molecule has 4 heteroatoms. The first-order valence-electron chi connectivity index (χ1n) is 4.76. The number of aliphatic carboxylic acids is 1. The second kappa shape index (κ2) is 4.10. The molecule has 2 aromatic rings. The first kappa shape index (κ1) is 10.3. The zero-order valence-corrected chi connectivity index (χ0v) is 8.38. The molecule has 80 valence electrons. The first-order valence-corrected chi connectivity index (χ1v) is 4.76. The summed E-state index contributed by atoms with van der Waals surface area (Å²) in [7, 11) is 0. The normalized spacial score (nSPS) is 10.2. The number of fused-ring (bicyclic) bond motifs is 1. The molecule has 0 spiro atoms. The van der Waals surface area contributed by atoms with Crippen LogP contribution in [0.1, 0.15) is 5.69 Å². The maximum absolute atomic E-state index is 11.0. The maximum Gasteiger partial charge on any atom is 0.372 e. The van der Waals surface area contributed by atoms with Crippen LogP contribution in [0.5, 0.6) is 0 Å². The van der Waals surface area contributed by atoms with Gasteiger partial charge in [0.05, 0.1) is 6.42 Å². The van der Waals surface area contributed by atoms with E-state index in [1.807, 2.05) is 24.3 Å². The number of Topliss-reactive ketones (excluding diaryl/α,β-unsaturated/α-hetero) is 1. The van der Waals surface area contributed by atoms with Crippen LogP contribution in [0.3, 0.4) is 0 Å². The summed E-state index contributed by atoms with van der Waals surface area (Å²) in [6, 6.07) is 9.31. The Morgan fingerprint density at radius 3 is 2.56 bits per heavy atom. The lowest BCUT2D eigenvalue weighted by molar-refractivity contribution is -0.148. The summed E-state index contributed by atoms with van der Waals surface area (Å²) in [5.41, 5.74) is 0.478. The van der Waals surface area contributed by atoms with Gasteiger partial charge in [0.1, 0.15) is 0 Å². The van der Waals surface area contributed by atoms with Crippen molar-refractivity contribution in [3.05, 3.63) is 42.2 Å². The van der Waals surface area contributed by atoms with Crippen molar-refractivity contribution in [1.29, 1.82) is 0 Å². The van der Waals surface area contributed by atoms with Gasteiger partial charge in [-0.3, -0.25) is 9.78 Å². The Bertz CT molecular complexity index is 563. The van der Waals surface area contributed by atoms with E-state index < -0.39 is 11.8 Å². The van der Waals surface area contributed by atoms with Crippen LogP contribution in [0.15, 0.2) is 36.5 Å². The van der Waals surface area contributed by atoms with Crippen LogP contribution in [-0.2, 0) is 16.0 Å². The Labute approximate surface area is 91.5 Å². The minimum absolute atomic E-state index is 0.167. The van der Waals surface area contributed by atoms with Crippen LogP contribution < -0.4 is 0 Å². The van der Waals surface area contributed by atoms with E-state index in [1.165, 1.54) is 0 Å². The molecule has 0 amide bonds. The van der Waals surface area contributed by atoms with Gasteiger partial charge >= 0.3 is 5.97 Å². The van der Waals surface area contributed by atoms with Crippen LogP contribution >= 0.6 is 0 Å². The smallest absolute Gasteiger partial charge is 0.372 e. The van der Waals surface area contributed by atoms with E-state index in [-0.39, 0.29) is 6.42 Å². The summed E-state index contributed by atoms with van der Waals surface area (Å²) >= 11 is 0. The number of carbonyl (C=O) groups is 2. The van der Waals surface area contributed by atoms with Gasteiger partial charge in [-0.15, -0.1) is 0 Å². The molecule has 0 aliphatic heterocycles. The summed E-state index contributed by atoms with van der Waals surface area (Å²) < 4.78 is 0. The minimum atomic E-state index is -1.42. The maximum atomic E-state index is 11.0. The Balaban J connectivity index is 2.33. The average molecular weight is 215 g/mol. The van der Waals surface area contributed by atoms with Crippen LogP contribution in [0, 0.1) is 0 Å². The predicted molar refractivity (Wildman–Crippen MR) is 58.1 cm³/mol. The fourth-order valence-corrected chi connectivity index (χ4v) is 1.47. The van der Waals surface area contributed by atoms with Crippen molar-refractivity contribution in [2.75, 3.05) is 0 Å². The second-order valence-electron chi connectivity index (χ2n) is 3.43. The third-order valence-corrected chi connectivity index (χ3v) is 2.27. The van der Waals surface area contributed by atoms with E-state index in [2.05, 4.69) is 4.98 Å². The minimum Gasteiger partial charge on any atom is -0.475 e. The Kier molecular flexibility index (Phi) is 2.64. The highest BCUT2D eigenvalue weighted by atomic mass is 16.4. The summed E-state index contributed by atoms with van der Waals surface area (Å²) in [4.78, 5) is 25.4. The van der Waals surface area contributed by atoms with Gasteiger partial charge in [-0.05, 0) is 11.5 Å². The van der Waals surface area contributed by atoms with Crippen LogP contribution in [0.25, 0.3) is 10.8 Å². The summed E-state index contributed by atoms with van der Waals surface area (Å²) in [6.45, 7) is 0. The number of ketones is 1. The topological polar surface area (TPSA) is 67.3 Å². The molecule has 0 unspecified atom stereocenters. The van der Waals surface area contributed by atoms with Crippen LogP contribution in [-0.4, -0.2) is 21.8 Å². The molecule has 2 rings (SSSR count). The number of carboxylic acids is 1. The van der Waals surface area contributed by atoms with Gasteiger partial charge in [-0.2, -0.15) is 0 Å². The predicted octanol–water partition coefficient (Wildman–Crippen LogP) is 1.43. The average Bonchev–Trinajstić information content (AvgIpc) is 2.28. The highest BCUT2D eigenvalue weighted by Gasteiger charge is 2.12. The van der Waals surface area contributed by atoms with Gasteiger partial charge in [-0.1, -0.05) is 24.3 Å². The molecule has 0 fully saturated rings. The third-order valence-electron chi connectivity index (χ3n) is 2.27. The van der Waals surface area contributed by atoms with Crippen molar-refractivity contribution in [2.24, 2.45) is 0 Å². The molecule has 1 heterocycles. The van der Waals surface area contributed by atoms with Crippen molar-refractivity contribution < 1.29 is 14.7 Å². The van der Waals surface area contributed by atoms with E-state index in [0.29, 0.717) is 5.69 Å². The monoisotopic (exact) mass is 215 g/mol. The Morgan fingerprint density at radius 2 is 1.88 bits per heavy atom. The SMILES string of the molecule is O=C(O)C(=O)Cc1cc2ccccc2cn1. The standard InChI is InChI=1S/C12H9NO3/c14-11(12(15)16)6-10-5-8-3-1-2-4-9(8)7-13-10/h1-5,7H,6H2,(H,15,16). The second-order valence-corrected chi connectivity index (χ2v) is 3.43. The molecule has 0 radical (unpaired) electrons. The fourth-order valence-electron chi connectivity index (χ4n) is 1.47. The highest BCUT2D eigenvalue weighted by molar-refractivity contribution is 6.33. The molecular weight excluding hydrogens is 206 g/mol. The molecule has 1 N–H and O–H groups in total. The van der Waals surface area contributed by atoms with Gasteiger partial charge < -0.3 is 5.11 Å². The lowest BCUT2D eigenvalue weighted by Gasteiger charge is -2.00. The quantitative estimate of drug-likeness (QED) is 0.786. The molecule has 4 nitrogen and oxygen atoms in total. The van der Waals surface area contributed by atoms with Crippen LogP contribution in [0.2, 0.25) is 0 Å². The highest BCUT2D eigenvalue weighted by Crippen LogP contribution is 2.13. The number of rotatable bonds is 3. The molecule has 0 atom stereocenters. The Hall–Kier alpha value is -2.23. The molecule has 0 aliphatic carbocycles. The van der Waals surface area contributed by atoms with E-state index in [4.69, 9.17) is 5.11 Å². The largest absolute Gasteiger partial charge is 0.475 e. The van der Waals surface area contributed by atoms with E-state index >= 15 is 0 Å². The van der Waals surface area contributed by atoms with Crippen molar-refractivity contribution in [3.8, 4) is 0 Å². The van der Waals surface area contributed by atoms with Crippen molar-refractivity contribution in [1.82, 2.24) is 4.98 Å². The molecule has 0 saturated heterocycles. The van der Waals surface area contributed by atoms with Gasteiger partial charge in [0, 0.05) is 17.3 Å². The molecule has 0 aliphatic rings. The number of benzene rings is 1. The number of pyridine rings is 1. The fraction of sp³-hybridized carbons (Fsp3) is 0.0833. The molecular formula is C12H9NO3. The first-order chi connectivity index (χ1) is 7.66. The number of hydrogen-bond acceptors (Lipinski definition) is 3. The van der Waals surface area contributed by atoms with E-state index in [0.717, 1.165) is 10.8 Å². The lowest BCUT2D eigenvalue weighted by Crippen LogP contribution is -2.15. The number of nitrogens with zero attached hydrogens (tertiary/aromatic N) is 1. The molecule has 0 saturated carbocycles. The number of aromatic nitrogens is 1. The van der Waals surface area contributed by atoms with Gasteiger partial charge in [0.15, 0.2) is 0 Å². The van der Waals surface area contributed by atoms with Crippen molar-refractivity contribution >= 4 is 22.5 Å². The van der Waals surface area contributed by atoms with Gasteiger partial charge in [0.25, 0.3) is 0 Å². The Morgan fingerprint density at radius 1 is 1.19 bits per heavy atom. The number of hydrogen-bond donors (Lipinski definition) is 1.